The van der Waals surface area contributed by atoms with E-state index >= 15 is 0 Å². The van der Waals surface area contributed by atoms with Crippen LogP contribution in [0.25, 0.3) is 12.2 Å². The summed E-state index contributed by atoms with van der Waals surface area (Å²) in [4.78, 5) is 28.3. The molecule has 2 N–H and O–H groups in total. The molecule has 1 amide bonds. The number of anilines is 1. The third-order valence-electron chi connectivity index (χ3n) is 5.78. The Balaban J connectivity index is 1.61. The van der Waals surface area contributed by atoms with Gasteiger partial charge in [0.25, 0.3) is 5.91 Å². The highest BCUT2D eigenvalue weighted by Crippen LogP contribution is 2.22. The van der Waals surface area contributed by atoms with Gasteiger partial charge in [-0.15, -0.1) is 0 Å². The molecule has 6 nitrogen and oxygen atoms in total. The Morgan fingerprint density at radius 2 is 1.42 bits per heavy atom. The molecule has 0 radical (unpaired) electrons. The number of hydrogen-bond acceptors (Lipinski definition) is 5. The predicted octanol–water partition coefficient (Wildman–Crippen LogP) is 3.63. The molecule has 6 heteroatoms. The molecule has 0 spiro atoms. The topological polar surface area (TPSA) is 72.9 Å². The molecule has 1 saturated heterocycles. The van der Waals surface area contributed by atoms with E-state index in [0.29, 0.717) is 17.6 Å². The number of nitrogens with one attached hydrogen (secondary N) is 1. The average molecular weight is 420 g/mol. The SMILES string of the molecule is C[C@@H]1CN(c2ccc(C(=O)/C=C/c3ccc(/C=C/C(=O)NO)cc3)cc2)C[C@H](C)N1C. The Bertz CT molecular complexity index is 953. The summed E-state index contributed by atoms with van der Waals surface area (Å²) in [6.45, 7) is 6.42. The highest BCUT2D eigenvalue weighted by molar-refractivity contribution is 6.07. The van der Waals surface area contributed by atoms with Crippen LogP contribution in [-0.2, 0) is 4.79 Å². The molecule has 0 aliphatic carbocycles. The van der Waals surface area contributed by atoms with Gasteiger partial charge in [0.05, 0.1) is 0 Å². The van der Waals surface area contributed by atoms with E-state index in [0.717, 1.165) is 29.9 Å². The standard InChI is InChI=1S/C25H29N3O3/c1-18-16-28(17-19(2)27(18)3)23-12-10-22(11-13-23)24(29)14-8-20-4-6-21(7-5-20)9-15-25(30)26-31/h4-15,18-19,31H,16-17H2,1-3H3,(H,26,30)/b14-8+,15-9+/t18-,19+. The zero-order chi connectivity index (χ0) is 22.4. The summed E-state index contributed by atoms with van der Waals surface area (Å²) in [6, 6.07) is 16.2. The van der Waals surface area contributed by atoms with Crippen LogP contribution in [0.15, 0.2) is 60.7 Å². The minimum absolute atomic E-state index is 0.0461. The number of amides is 1. The lowest BCUT2D eigenvalue weighted by atomic mass is 10.1. The lowest BCUT2D eigenvalue weighted by Gasteiger charge is -2.43. The van der Waals surface area contributed by atoms with Gasteiger partial charge in [0.1, 0.15) is 0 Å². The minimum atomic E-state index is -0.586. The number of benzene rings is 2. The molecule has 1 fully saturated rings. The summed E-state index contributed by atoms with van der Waals surface area (Å²) < 4.78 is 0. The first-order valence-corrected chi connectivity index (χ1v) is 10.4. The average Bonchev–Trinajstić information content (AvgIpc) is 2.79. The molecule has 2 atom stereocenters. The molecule has 3 rings (SSSR count). The molecule has 31 heavy (non-hydrogen) atoms. The van der Waals surface area contributed by atoms with Gasteiger partial charge in [-0.05, 0) is 68.4 Å². The number of rotatable bonds is 6. The number of hydrogen-bond donors (Lipinski definition) is 2. The number of carbonyl (C=O) groups excluding carboxylic acids is 2. The van der Waals surface area contributed by atoms with Gasteiger partial charge >= 0.3 is 0 Å². The number of hydroxylamine groups is 1. The van der Waals surface area contributed by atoms with Gasteiger partial charge in [0.15, 0.2) is 5.78 Å². The molecule has 0 aromatic heterocycles. The van der Waals surface area contributed by atoms with Crippen molar-refractivity contribution in [2.45, 2.75) is 25.9 Å². The van der Waals surface area contributed by atoms with E-state index in [1.807, 2.05) is 48.5 Å². The van der Waals surface area contributed by atoms with Crippen molar-refractivity contribution in [1.82, 2.24) is 10.4 Å². The Morgan fingerprint density at radius 3 is 1.94 bits per heavy atom. The third-order valence-corrected chi connectivity index (χ3v) is 5.78. The highest BCUT2D eigenvalue weighted by Gasteiger charge is 2.26. The van der Waals surface area contributed by atoms with Crippen molar-refractivity contribution >= 4 is 29.5 Å². The summed E-state index contributed by atoms with van der Waals surface area (Å²) in [6.07, 6.45) is 6.17. The molecule has 1 aliphatic rings. The third kappa shape index (κ3) is 5.90. The van der Waals surface area contributed by atoms with Gasteiger partial charge in [-0.25, -0.2) is 5.48 Å². The second-order valence-electron chi connectivity index (χ2n) is 7.99. The number of allylic oxidation sites excluding steroid dienone is 1. The van der Waals surface area contributed by atoms with E-state index in [4.69, 9.17) is 5.21 Å². The van der Waals surface area contributed by atoms with Crippen molar-refractivity contribution in [2.24, 2.45) is 0 Å². The van der Waals surface area contributed by atoms with E-state index < -0.39 is 5.91 Å². The smallest absolute Gasteiger partial charge is 0.267 e. The van der Waals surface area contributed by atoms with Crippen LogP contribution in [0.4, 0.5) is 5.69 Å². The Kier molecular flexibility index (Phi) is 7.39. The van der Waals surface area contributed by atoms with Gasteiger partial charge in [-0.2, -0.15) is 0 Å². The van der Waals surface area contributed by atoms with Crippen LogP contribution < -0.4 is 10.4 Å². The van der Waals surface area contributed by atoms with Crippen LogP contribution in [0, 0.1) is 0 Å². The second kappa shape index (κ2) is 10.2. The number of carbonyl (C=O) groups is 2. The summed E-state index contributed by atoms with van der Waals surface area (Å²) in [7, 11) is 2.17. The van der Waals surface area contributed by atoms with E-state index in [9.17, 15) is 9.59 Å². The maximum absolute atomic E-state index is 12.5. The number of nitrogens with zero attached hydrogens (tertiary/aromatic N) is 2. The lowest BCUT2D eigenvalue weighted by molar-refractivity contribution is -0.124. The van der Waals surface area contributed by atoms with Crippen molar-refractivity contribution < 1.29 is 14.8 Å². The zero-order valence-electron chi connectivity index (χ0n) is 18.2. The highest BCUT2D eigenvalue weighted by atomic mass is 16.5. The quantitative estimate of drug-likeness (QED) is 0.324. The molecule has 0 unspecified atom stereocenters. The van der Waals surface area contributed by atoms with E-state index in [1.54, 1.807) is 23.7 Å². The zero-order valence-corrected chi connectivity index (χ0v) is 18.2. The second-order valence-corrected chi connectivity index (χ2v) is 7.99. The molecular weight excluding hydrogens is 390 g/mol. The minimum Gasteiger partial charge on any atom is -0.368 e. The van der Waals surface area contributed by atoms with Crippen molar-refractivity contribution in [3.05, 3.63) is 77.4 Å². The summed E-state index contributed by atoms with van der Waals surface area (Å²) >= 11 is 0. The van der Waals surface area contributed by atoms with Gasteiger partial charge in [-0.1, -0.05) is 30.3 Å². The van der Waals surface area contributed by atoms with E-state index in [2.05, 4.69) is 30.7 Å². The van der Waals surface area contributed by atoms with Crippen LogP contribution in [0.5, 0.6) is 0 Å². The van der Waals surface area contributed by atoms with Crippen molar-refractivity contribution in [3.8, 4) is 0 Å². The summed E-state index contributed by atoms with van der Waals surface area (Å²) in [5.41, 5.74) is 5.04. The normalized spacial score (nSPS) is 19.8. The van der Waals surface area contributed by atoms with Crippen molar-refractivity contribution in [2.75, 3.05) is 25.0 Å². The summed E-state index contributed by atoms with van der Waals surface area (Å²) in [5.74, 6) is -0.632. The van der Waals surface area contributed by atoms with Crippen LogP contribution in [0.1, 0.15) is 35.3 Å². The van der Waals surface area contributed by atoms with Crippen LogP contribution in [0.2, 0.25) is 0 Å². The predicted molar refractivity (Wildman–Crippen MR) is 124 cm³/mol. The molecular formula is C25H29N3O3. The van der Waals surface area contributed by atoms with Gasteiger partial charge < -0.3 is 4.90 Å². The molecule has 2 aromatic rings. The monoisotopic (exact) mass is 419 g/mol. The van der Waals surface area contributed by atoms with Gasteiger partial charge in [-0.3, -0.25) is 19.7 Å². The molecule has 1 aliphatic heterocycles. The first-order chi connectivity index (χ1) is 14.9. The molecule has 2 aromatic carbocycles. The number of likely N-dealkylation sites (N-methyl/N-ethyl adjacent to an activating group) is 1. The molecule has 0 saturated carbocycles. The van der Waals surface area contributed by atoms with Gasteiger partial charge in [0.2, 0.25) is 0 Å². The number of ketones is 1. The largest absolute Gasteiger partial charge is 0.368 e. The fourth-order valence-corrected chi connectivity index (χ4v) is 3.65. The van der Waals surface area contributed by atoms with Crippen LogP contribution in [0.3, 0.4) is 0 Å². The number of piperazine rings is 1. The Morgan fingerprint density at radius 1 is 0.903 bits per heavy atom. The lowest BCUT2D eigenvalue weighted by Crippen LogP contribution is -2.55. The molecule has 1 heterocycles. The fourth-order valence-electron chi connectivity index (χ4n) is 3.65. The van der Waals surface area contributed by atoms with Crippen molar-refractivity contribution in [1.29, 1.82) is 0 Å². The maximum Gasteiger partial charge on any atom is 0.267 e. The first-order valence-electron chi connectivity index (χ1n) is 10.4. The molecule has 0 bridgehead atoms. The molecule has 162 valence electrons. The van der Waals surface area contributed by atoms with Gasteiger partial charge in [0, 0.05) is 42.5 Å². The maximum atomic E-state index is 12.5. The van der Waals surface area contributed by atoms with Crippen LogP contribution >= 0.6 is 0 Å². The van der Waals surface area contributed by atoms with E-state index in [1.165, 1.54) is 6.08 Å². The fraction of sp³-hybridized carbons (Fsp3) is 0.280. The summed E-state index contributed by atoms with van der Waals surface area (Å²) in [5, 5.41) is 8.49. The van der Waals surface area contributed by atoms with Crippen molar-refractivity contribution in [3.63, 3.8) is 0 Å². The Hall–Kier alpha value is -3.22. The van der Waals surface area contributed by atoms with E-state index in [-0.39, 0.29) is 5.78 Å². The Labute approximate surface area is 183 Å². The first kappa shape index (κ1) is 22.5. The van der Waals surface area contributed by atoms with Crippen LogP contribution in [-0.4, -0.2) is 54.0 Å².